The van der Waals surface area contributed by atoms with E-state index in [1.54, 1.807) is 18.0 Å². The van der Waals surface area contributed by atoms with E-state index in [1.165, 1.54) is 0 Å². The Labute approximate surface area is 214 Å². The highest BCUT2D eigenvalue weighted by atomic mass is 16.5. The number of carbonyl (C=O) groups is 1. The van der Waals surface area contributed by atoms with Gasteiger partial charge in [0.2, 0.25) is 5.95 Å². The monoisotopic (exact) mass is 501 g/mol. The van der Waals surface area contributed by atoms with Crippen molar-refractivity contribution in [1.29, 1.82) is 0 Å². The number of likely N-dealkylation sites (tertiary alicyclic amines) is 1. The molecular formula is C27H31N7O3. The summed E-state index contributed by atoms with van der Waals surface area (Å²) >= 11 is 0. The summed E-state index contributed by atoms with van der Waals surface area (Å²) in [7, 11) is 3.60. The number of fused-ring (bicyclic) bond motifs is 1. The molecule has 1 saturated carbocycles. The highest BCUT2D eigenvalue weighted by Crippen LogP contribution is 2.36. The van der Waals surface area contributed by atoms with Crippen molar-refractivity contribution >= 4 is 28.3 Å². The van der Waals surface area contributed by atoms with Crippen LogP contribution in [-0.2, 0) is 18.3 Å². The molecule has 37 heavy (non-hydrogen) atoms. The van der Waals surface area contributed by atoms with Gasteiger partial charge < -0.3 is 19.7 Å². The first-order valence-electron chi connectivity index (χ1n) is 12.6. The maximum absolute atomic E-state index is 12.8. The Bertz CT molecular complexity index is 1470. The van der Waals surface area contributed by atoms with Crippen molar-refractivity contribution in [3.05, 3.63) is 59.7 Å². The first-order valence-corrected chi connectivity index (χ1v) is 12.6. The van der Waals surface area contributed by atoms with Gasteiger partial charge in [0.1, 0.15) is 0 Å². The zero-order chi connectivity index (χ0) is 25.7. The number of aryl methyl sites for hydroxylation is 2. The third kappa shape index (κ3) is 4.63. The van der Waals surface area contributed by atoms with Crippen molar-refractivity contribution in [2.24, 2.45) is 13.0 Å². The smallest absolute Gasteiger partial charge is 0.229 e. The van der Waals surface area contributed by atoms with E-state index in [-0.39, 0.29) is 17.8 Å². The summed E-state index contributed by atoms with van der Waals surface area (Å²) in [5, 5.41) is 19.0. The predicted molar refractivity (Wildman–Crippen MR) is 139 cm³/mol. The molecule has 1 aliphatic heterocycles. The van der Waals surface area contributed by atoms with E-state index in [0.29, 0.717) is 31.4 Å². The predicted octanol–water partition coefficient (Wildman–Crippen LogP) is 2.99. The van der Waals surface area contributed by atoms with Crippen LogP contribution < -0.4 is 5.32 Å². The molecule has 2 atom stereocenters. The first-order chi connectivity index (χ1) is 17.9. The standard InChI is InChI=1S/C27H31N7O3/c1-16-18(11-33-14-23(35)24(15-33)37-3)12-34(31-16)25-8-9-28-27(30-25)29-19-6-7-22-20(10-19)21(13-32(22)2)26(36)17-4-5-17/h6-10,12-13,17,23-24,35H,4-5,11,14-15H2,1-3H3,(H,28,29,30)/t23-,24-/m0/s1. The zero-order valence-corrected chi connectivity index (χ0v) is 21.3. The van der Waals surface area contributed by atoms with Gasteiger partial charge in [-0.1, -0.05) is 0 Å². The van der Waals surface area contributed by atoms with Crippen LogP contribution in [0.1, 0.15) is 34.5 Å². The molecular weight excluding hydrogens is 470 g/mol. The lowest BCUT2D eigenvalue weighted by Crippen LogP contribution is -2.25. The van der Waals surface area contributed by atoms with Crippen molar-refractivity contribution in [2.45, 2.75) is 38.5 Å². The van der Waals surface area contributed by atoms with E-state index < -0.39 is 6.10 Å². The number of anilines is 2. The SMILES string of the molecule is CO[C@H]1CN(Cc2cn(-c3ccnc(Nc4ccc5c(c4)c(C(=O)C4CC4)cn5C)n3)nc2C)C[C@@H]1O. The lowest BCUT2D eigenvalue weighted by Gasteiger charge is -2.14. The number of hydrogen-bond donors (Lipinski definition) is 2. The van der Waals surface area contributed by atoms with Crippen LogP contribution in [0.4, 0.5) is 11.6 Å². The average molecular weight is 502 g/mol. The summed E-state index contributed by atoms with van der Waals surface area (Å²) in [6, 6.07) is 7.79. The number of nitrogens with one attached hydrogen (secondary N) is 1. The lowest BCUT2D eigenvalue weighted by molar-refractivity contribution is 0.0215. The quantitative estimate of drug-likeness (QED) is 0.355. The average Bonchev–Trinajstić information content (AvgIpc) is 3.49. The number of ketones is 1. The summed E-state index contributed by atoms with van der Waals surface area (Å²) in [6.45, 7) is 3.91. The van der Waals surface area contributed by atoms with E-state index in [1.807, 2.05) is 55.2 Å². The minimum absolute atomic E-state index is 0.163. The molecule has 2 aliphatic rings. The number of benzene rings is 1. The molecule has 0 bridgehead atoms. The number of aliphatic hydroxyl groups excluding tert-OH is 1. The molecule has 10 nitrogen and oxygen atoms in total. The number of carbonyl (C=O) groups excluding carboxylic acids is 1. The molecule has 10 heteroatoms. The Hall–Kier alpha value is -3.60. The number of Topliss-reactive ketones (excluding diaryl/α,β-unsaturated/α-hetero) is 1. The third-order valence-corrected chi connectivity index (χ3v) is 7.34. The van der Waals surface area contributed by atoms with Crippen molar-refractivity contribution in [1.82, 2.24) is 29.2 Å². The van der Waals surface area contributed by atoms with Gasteiger partial charge in [-0.15, -0.1) is 0 Å². The molecule has 1 aliphatic carbocycles. The number of rotatable bonds is 8. The molecule has 0 radical (unpaired) electrons. The van der Waals surface area contributed by atoms with Gasteiger partial charge in [0, 0.05) is 92.1 Å². The van der Waals surface area contributed by atoms with E-state index in [9.17, 15) is 9.90 Å². The Morgan fingerprint density at radius 1 is 1.22 bits per heavy atom. The number of ether oxygens (including phenoxy) is 1. The molecule has 4 heterocycles. The summed E-state index contributed by atoms with van der Waals surface area (Å²) in [5.41, 5.74) is 4.59. The normalized spacial score (nSPS) is 20.1. The van der Waals surface area contributed by atoms with Crippen molar-refractivity contribution in [3.63, 3.8) is 0 Å². The Balaban J connectivity index is 1.22. The van der Waals surface area contributed by atoms with Crippen LogP contribution in [0.3, 0.4) is 0 Å². The molecule has 192 valence electrons. The van der Waals surface area contributed by atoms with Crippen LogP contribution in [0, 0.1) is 12.8 Å². The van der Waals surface area contributed by atoms with Gasteiger partial charge in [-0.05, 0) is 38.0 Å². The van der Waals surface area contributed by atoms with Crippen LogP contribution in [0.25, 0.3) is 16.7 Å². The second kappa shape index (κ2) is 9.37. The number of methoxy groups -OCH3 is 1. The fourth-order valence-corrected chi connectivity index (χ4v) is 5.10. The Morgan fingerprint density at radius 3 is 2.81 bits per heavy atom. The number of nitrogens with zero attached hydrogens (tertiary/aromatic N) is 6. The van der Waals surface area contributed by atoms with E-state index in [0.717, 1.165) is 46.3 Å². The fraction of sp³-hybridized carbons (Fsp3) is 0.407. The summed E-state index contributed by atoms with van der Waals surface area (Å²) < 4.78 is 9.12. The van der Waals surface area contributed by atoms with Gasteiger partial charge in [0.25, 0.3) is 0 Å². The van der Waals surface area contributed by atoms with Crippen molar-refractivity contribution in [3.8, 4) is 5.82 Å². The maximum atomic E-state index is 12.8. The molecule has 0 spiro atoms. The first kappa shape index (κ1) is 23.8. The minimum atomic E-state index is -0.478. The topological polar surface area (TPSA) is 110 Å². The second-order valence-corrected chi connectivity index (χ2v) is 10.1. The molecule has 4 aromatic rings. The molecule has 3 aromatic heterocycles. The Morgan fingerprint density at radius 2 is 2.05 bits per heavy atom. The fourth-order valence-electron chi connectivity index (χ4n) is 5.10. The van der Waals surface area contributed by atoms with Crippen LogP contribution in [-0.4, -0.2) is 72.5 Å². The zero-order valence-electron chi connectivity index (χ0n) is 21.3. The minimum Gasteiger partial charge on any atom is -0.389 e. The highest BCUT2D eigenvalue weighted by molar-refractivity contribution is 6.10. The summed E-state index contributed by atoms with van der Waals surface area (Å²) in [5.74, 6) is 1.49. The molecule has 1 saturated heterocycles. The van der Waals surface area contributed by atoms with Crippen LogP contribution in [0.2, 0.25) is 0 Å². The number of hydrogen-bond acceptors (Lipinski definition) is 8. The Kier molecular flexibility index (Phi) is 6.02. The maximum Gasteiger partial charge on any atom is 0.229 e. The van der Waals surface area contributed by atoms with Crippen LogP contribution in [0.5, 0.6) is 0 Å². The van der Waals surface area contributed by atoms with Crippen LogP contribution in [0.15, 0.2) is 42.9 Å². The summed E-state index contributed by atoms with van der Waals surface area (Å²) in [6.07, 6.45) is 6.93. The van der Waals surface area contributed by atoms with Crippen LogP contribution >= 0.6 is 0 Å². The van der Waals surface area contributed by atoms with Gasteiger partial charge >= 0.3 is 0 Å². The molecule has 1 aromatic carbocycles. The molecule has 0 amide bonds. The third-order valence-electron chi connectivity index (χ3n) is 7.34. The molecule has 2 N–H and O–H groups in total. The largest absolute Gasteiger partial charge is 0.389 e. The lowest BCUT2D eigenvalue weighted by atomic mass is 10.1. The number of aliphatic hydroxyl groups is 1. The highest BCUT2D eigenvalue weighted by Gasteiger charge is 2.33. The van der Waals surface area contributed by atoms with Gasteiger partial charge in [-0.25, -0.2) is 9.67 Å². The molecule has 0 unspecified atom stereocenters. The summed E-state index contributed by atoms with van der Waals surface area (Å²) in [4.78, 5) is 24.0. The van der Waals surface area contributed by atoms with Gasteiger partial charge in [0.05, 0.1) is 17.9 Å². The van der Waals surface area contributed by atoms with E-state index >= 15 is 0 Å². The van der Waals surface area contributed by atoms with Gasteiger partial charge in [-0.3, -0.25) is 9.69 Å². The van der Waals surface area contributed by atoms with Gasteiger partial charge in [-0.2, -0.15) is 10.1 Å². The van der Waals surface area contributed by atoms with E-state index in [4.69, 9.17) is 4.74 Å². The van der Waals surface area contributed by atoms with Gasteiger partial charge in [0.15, 0.2) is 11.6 Å². The van der Waals surface area contributed by atoms with Crippen molar-refractivity contribution in [2.75, 3.05) is 25.5 Å². The molecule has 2 fully saturated rings. The molecule has 6 rings (SSSR count). The number of aromatic nitrogens is 5. The second-order valence-electron chi connectivity index (χ2n) is 10.1. The number of β-amino-alcohol motifs (C(OH)–C–C–N with tert-alkyl or cyclic N) is 1. The van der Waals surface area contributed by atoms with Crippen molar-refractivity contribution < 1.29 is 14.6 Å². The van der Waals surface area contributed by atoms with E-state index in [2.05, 4.69) is 25.3 Å².